The van der Waals surface area contributed by atoms with Crippen LogP contribution < -0.4 is 16.0 Å². The maximum absolute atomic E-state index is 14.4. The second-order valence-electron chi connectivity index (χ2n) is 15.1. The van der Waals surface area contributed by atoms with Crippen LogP contribution in [0.2, 0.25) is 0 Å². The highest BCUT2D eigenvalue weighted by atomic mass is 19.3. The summed E-state index contributed by atoms with van der Waals surface area (Å²) in [6, 6.07) is 14.5. The van der Waals surface area contributed by atoms with Crippen LogP contribution in [-0.2, 0) is 31.5 Å². The number of H-pyrrole nitrogens is 1. The Morgan fingerprint density at radius 2 is 1.47 bits per heavy atom. The minimum atomic E-state index is -5.47. The number of aliphatic carboxylic acids is 1. The number of carboxylic acid groups (broad SMARTS) is 2. The third-order valence-electron chi connectivity index (χ3n) is 9.57. The summed E-state index contributed by atoms with van der Waals surface area (Å²) >= 11 is 0. The van der Waals surface area contributed by atoms with Gasteiger partial charge >= 0.3 is 29.9 Å². The molecule has 3 amide bonds. The number of aromatic amines is 1. The number of hydrogen-bond donors (Lipinski definition) is 6. The average Bonchev–Trinajstić information content (AvgIpc) is 3.68. The van der Waals surface area contributed by atoms with Crippen LogP contribution in [0.3, 0.4) is 0 Å². The number of rotatable bonds is 14. The molecule has 0 bridgehead atoms. The van der Waals surface area contributed by atoms with E-state index in [2.05, 4.69) is 26.0 Å². The van der Waals surface area contributed by atoms with Crippen molar-refractivity contribution in [3.63, 3.8) is 0 Å². The zero-order valence-electron chi connectivity index (χ0n) is 32.0. The predicted molar refractivity (Wildman–Crippen MR) is 201 cm³/mol. The second kappa shape index (κ2) is 17.6. The highest BCUT2D eigenvalue weighted by molar-refractivity contribution is 5.98. The molecule has 1 aromatic heterocycles. The number of aromatic carboxylic acids is 1. The first kappa shape index (κ1) is 43.7. The number of alkyl carbamates (subject to hydrolysis) is 1. The van der Waals surface area contributed by atoms with E-state index in [4.69, 9.17) is 14.9 Å². The topological polar surface area (TPSA) is 213 Å². The lowest BCUT2D eigenvalue weighted by Gasteiger charge is -2.29. The van der Waals surface area contributed by atoms with Crippen molar-refractivity contribution in [1.29, 1.82) is 0 Å². The van der Waals surface area contributed by atoms with Crippen molar-refractivity contribution in [2.24, 2.45) is 11.8 Å². The third kappa shape index (κ3) is 10.8. The summed E-state index contributed by atoms with van der Waals surface area (Å²) in [6.07, 6.45) is 1.74. The van der Waals surface area contributed by atoms with Gasteiger partial charge in [-0.2, -0.15) is 22.7 Å². The normalized spacial score (nSPS) is 16.4. The molecule has 14 nitrogen and oxygen atoms in total. The Hall–Kier alpha value is -6.40. The number of anilines is 1. The van der Waals surface area contributed by atoms with Crippen LogP contribution in [0.15, 0.2) is 66.7 Å². The molecule has 1 saturated carbocycles. The monoisotopic (exact) mass is 828 g/mol. The lowest BCUT2D eigenvalue weighted by molar-refractivity contribution is -0.231. The fraction of sp³-hybridized carbons (Fsp3) is 0.375. The van der Waals surface area contributed by atoms with Gasteiger partial charge in [-0.1, -0.05) is 30.3 Å². The number of carbonyl (C=O) groups is 5. The lowest BCUT2D eigenvalue weighted by atomic mass is 9.81. The van der Waals surface area contributed by atoms with Crippen LogP contribution in [0.4, 0.5) is 32.4 Å². The van der Waals surface area contributed by atoms with Gasteiger partial charge in [-0.3, -0.25) is 14.7 Å². The van der Waals surface area contributed by atoms with Crippen molar-refractivity contribution >= 4 is 35.5 Å². The number of halogens is 5. The third-order valence-corrected chi connectivity index (χ3v) is 9.57. The lowest BCUT2D eigenvalue weighted by Crippen LogP contribution is -2.48. The first-order valence-corrected chi connectivity index (χ1v) is 18.4. The van der Waals surface area contributed by atoms with Crippen molar-refractivity contribution < 1.29 is 60.9 Å². The molecule has 314 valence electrons. The van der Waals surface area contributed by atoms with Crippen molar-refractivity contribution in [1.82, 2.24) is 25.8 Å². The summed E-state index contributed by atoms with van der Waals surface area (Å²) in [5.41, 5.74) is 0.698. The molecule has 1 atom stereocenters. The van der Waals surface area contributed by atoms with Crippen LogP contribution in [0, 0.1) is 17.7 Å². The predicted octanol–water partition coefficient (Wildman–Crippen LogP) is 6.78. The summed E-state index contributed by atoms with van der Waals surface area (Å²) in [7, 11) is 0. The van der Waals surface area contributed by atoms with E-state index < -0.39 is 76.4 Å². The molecular formula is C40H41F5N6O8. The first-order chi connectivity index (χ1) is 27.6. The van der Waals surface area contributed by atoms with Crippen LogP contribution in [0.5, 0.6) is 0 Å². The van der Waals surface area contributed by atoms with E-state index in [0.29, 0.717) is 48.9 Å². The number of carboxylic acids is 2. The number of nitrogens with one attached hydrogen (secondary N) is 4. The van der Waals surface area contributed by atoms with Gasteiger partial charge < -0.3 is 30.9 Å². The van der Waals surface area contributed by atoms with Crippen molar-refractivity contribution in [3.05, 3.63) is 89.5 Å². The van der Waals surface area contributed by atoms with E-state index in [1.165, 1.54) is 30.3 Å². The second-order valence-corrected chi connectivity index (χ2v) is 15.1. The van der Waals surface area contributed by atoms with E-state index in [-0.39, 0.29) is 29.5 Å². The van der Waals surface area contributed by atoms with Crippen LogP contribution in [-0.4, -0.2) is 79.4 Å². The molecule has 0 saturated heterocycles. The molecule has 0 unspecified atom stereocenters. The van der Waals surface area contributed by atoms with E-state index in [1.807, 2.05) is 0 Å². The summed E-state index contributed by atoms with van der Waals surface area (Å²) < 4.78 is 75.5. The first-order valence-electron chi connectivity index (χ1n) is 18.4. The van der Waals surface area contributed by atoms with Gasteiger partial charge in [0, 0.05) is 30.1 Å². The molecule has 5 rings (SSSR count). The van der Waals surface area contributed by atoms with Gasteiger partial charge in [-0.15, -0.1) is 0 Å². The summed E-state index contributed by atoms with van der Waals surface area (Å²) in [4.78, 5) is 64.8. The van der Waals surface area contributed by atoms with Crippen molar-refractivity contribution in [2.45, 2.75) is 76.4 Å². The molecule has 4 aromatic rings. The summed E-state index contributed by atoms with van der Waals surface area (Å²) in [5, 5.41) is 31.2. The standard InChI is InChI=1S/C40H41F5N6O8/c1-38(2,3)59-37(58)46-20-22-6-10-25(11-7-22)32(52)48-30(18-21-4-8-23(9-5-21)26-14-17-28(34(54)55)29(41)19-26)33(53)47-27-15-12-24(13-16-27)31-49-35(51-50-31)39(42,43)40(44,45)36(56)57/h4-5,8-9,12-17,19,22,25,30H,6-7,10-11,18,20H2,1-3H3,(H,46,58)(H,47,53)(H,48,52)(H,54,55)(H,56,57)(H,49,50,51)/t22?,25?,30-/m0/s1. The van der Waals surface area contributed by atoms with Gasteiger partial charge in [-0.05, 0) is 105 Å². The SMILES string of the molecule is CC(C)(C)OC(=O)NCC1CCC(C(=O)N[C@@H](Cc2ccc(-c3ccc(C(=O)O)c(F)c3)cc2)C(=O)Nc2ccc(-c3n[nH]c(C(F)(F)C(F)(F)C(=O)O)n3)cc2)CC1. The Labute approximate surface area is 333 Å². The van der Waals surface area contributed by atoms with Gasteiger partial charge in [-0.25, -0.2) is 23.8 Å². The molecule has 3 aromatic carbocycles. The Morgan fingerprint density at radius 3 is 2.05 bits per heavy atom. The maximum Gasteiger partial charge on any atom is 0.411 e. The van der Waals surface area contributed by atoms with Crippen LogP contribution in [0.25, 0.3) is 22.5 Å². The zero-order valence-corrected chi connectivity index (χ0v) is 32.0. The smallest absolute Gasteiger partial charge is 0.411 e. The Bertz CT molecular complexity index is 2180. The molecule has 59 heavy (non-hydrogen) atoms. The Morgan fingerprint density at radius 1 is 0.864 bits per heavy atom. The van der Waals surface area contributed by atoms with E-state index in [0.717, 1.165) is 12.1 Å². The molecule has 0 aliphatic heterocycles. The molecule has 1 aliphatic rings. The van der Waals surface area contributed by atoms with E-state index in [1.54, 1.807) is 50.1 Å². The summed E-state index contributed by atoms with van der Waals surface area (Å²) in [6.45, 7) is 5.65. The van der Waals surface area contributed by atoms with Gasteiger partial charge in [0.1, 0.15) is 17.5 Å². The van der Waals surface area contributed by atoms with Gasteiger partial charge in [0.25, 0.3) is 0 Å². The van der Waals surface area contributed by atoms with Crippen LogP contribution in [0.1, 0.15) is 68.2 Å². The fourth-order valence-corrected chi connectivity index (χ4v) is 6.35. The molecule has 6 N–H and O–H groups in total. The van der Waals surface area contributed by atoms with E-state index >= 15 is 0 Å². The molecular weight excluding hydrogens is 787 g/mol. The van der Waals surface area contributed by atoms with Crippen molar-refractivity contribution in [2.75, 3.05) is 11.9 Å². The maximum atomic E-state index is 14.4. The quantitative estimate of drug-likeness (QED) is 0.0733. The number of ether oxygens (including phenoxy) is 1. The fourth-order valence-electron chi connectivity index (χ4n) is 6.35. The Kier molecular flexibility index (Phi) is 13.1. The van der Waals surface area contributed by atoms with E-state index in [9.17, 15) is 45.9 Å². The minimum absolute atomic E-state index is 0.00651. The largest absolute Gasteiger partial charge is 0.478 e. The summed E-state index contributed by atoms with van der Waals surface area (Å²) in [5.74, 6) is -19.5. The van der Waals surface area contributed by atoms with Gasteiger partial charge in [0.15, 0.2) is 5.82 Å². The molecule has 1 aliphatic carbocycles. The van der Waals surface area contributed by atoms with Gasteiger partial charge in [0.05, 0.1) is 5.56 Å². The number of amides is 3. The molecule has 0 spiro atoms. The molecule has 0 radical (unpaired) electrons. The zero-order chi connectivity index (χ0) is 43.3. The highest BCUT2D eigenvalue weighted by Gasteiger charge is 2.65. The highest BCUT2D eigenvalue weighted by Crippen LogP contribution is 2.42. The molecule has 1 heterocycles. The molecule has 1 fully saturated rings. The number of aromatic nitrogens is 3. The van der Waals surface area contributed by atoms with Crippen LogP contribution >= 0.6 is 0 Å². The minimum Gasteiger partial charge on any atom is -0.478 e. The molecule has 19 heteroatoms. The number of benzene rings is 3. The number of nitrogens with zero attached hydrogens (tertiary/aromatic N) is 2. The average molecular weight is 829 g/mol. The van der Waals surface area contributed by atoms with Crippen molar-refractivity contribution in [3.8, 4) is 22.5 Å². The van der Waals surface area contributed by atoms with Gasteiger partial charge in [0.2, 0.25) is 17.6 Å². The number of carbonyl (C=O) groups excluding carboxylic acids is 3. The Balaban J connectivity index is 1.28. The number of alkyl halides is 4. The number of hydrogen-bond acceptors (Lipinski definition) is 8.